The van der Waals surface area contributed by atoms with Gasteiger partial charge in [-0.15, -0.1) is 0 Å². The van der Waals surface area contributed by atoms with E-state index < -0.39 is 11.4 Å². The molecule has 0 amide bonds. The lowest BCUT2D eigenvalue weighted by Gasteiger charge is -2.08. The molecule has 0 saturated carbocycles. The summed E-state index contributed by atoms with van der Waals surface area (Å²) in [5, 5.41) is 9.77. The Balaban J connectivity index is 2.33. The molecule has 0 aliphatic rings. The number of pyridine rings is 1. The molecule has 0 aliphatic carbocycles. The molecule has 1 aromatic carbocycles. The lowest BCUT2D eigenvalue weighted by Crippen LogP contribution is -2.16. The number of aromatic nitrogens is 1. The summed E-state index contributed by atoms with van der Waals surface area (Å²) in [7, 11) is 0. The number of halogens is 2. The van der Waals surface area contributed by atoms with E-state index in [4.69, 9.17) is 28.3 Å². The number of carboxylic acids is 1. The molecule has 6 heteroatoms. The van der Waals surface area contributed by atoms with Crippen LogP contribution in [0.25, 0.3) is 0 Å². The lowest BCUT2D eigenvalue weighted by atomic mass is 10.2. The van der Waals surface area contributed by atoms with Gasteiger partial charge in [-0.1, -0.05) is 29.3 Å². The zero-order valence-electron chi connectivity index (χ0n) is 9.64. The molecule has 0 aliphatic heterocycles. The second-order valence-electron chi connectivity index (χ2n) is 3.95. The first-order chi connectivity index (χ1) is 8.97. The average molecular weight is 298 g/mol. The van der Waals surface area contributed by atoms with E-state index in [0.29, 0.717) is 16.6 Å². The second-order valence-corrected chi connectivity index (χ2v) is 4.76. The maximum absolute atomic E-state index is 11.3. The van der Waals surface area contributed by atoms with Crippen molar-refractivity contribution in [3.63, 3.8) is 0 Å². The molecular formula is C13H9Cl2NO3. The van der Waals surface area contributed by atoms with Gasteiger partial charge in [0.25, 0.3) is 0 Å². The number of carbonyl (C=O) groups is 1. The molecule has 0 atom stereocenters. The average Bonchev–Trinajstić information content (AvgIpc) is 2.36. The summed E-state index contributed by atoms with van der Waals surface area (Å²) in [4.78, 5) is 22.2. The first kappa shape index (κ1) is 13.6. The van der Waals surface area contributed by atoms with E-state index in [0.717, 1.165) is 5.56 Å². The van der Waals surface area contributed by atoms with Crippen LogP contribution in [0.15, 0.2) is 41.5 Å². The molecule has 1 heterocycles. The van der Waals surface area contributed by atoms with Gasteiger partial charge in [0.2, 0.25) is 0 Å². The second kappa shape index (κ2) is 5.47. The van der Waals surface area contributed by atoms with Crippen LogP contribution in [0, 0.1) is 0 Å². The van der Waals surface area contributed by atoms with Crippen molar-refractivity contribution in [2.75, 3.05) is 0 Å². The lowest BCUT2D eigenvalue weighted by molar-refractivity contribution is 0.0694. The molecule has 2 aromatic rings. The van der Waals surface area contributed by atoms with Crippen molar-refractivity contribution in [3.05, 3.63) is 68.1 Å². The summed E-state index contributed by atoms with van der Waals surface area (Å²) in [5.74, 6) is -1.24. The Labute approximate surface area is 118 Å². The Hall–Kier alpha value is -1.78. The number of rotatable bonds is 3. The molecule has 19 heavy (non-hydrogen) atoms. The van der Waals surface area contributed by atoms with Gasteiger partial charge in [0, 0.05) is 25.0 Å². The molecule has 0 bridgehead atoms. The Morgan fingerprint density at radius 2 is 1.95 bits per heavy atom. The first-order valence-corrected chi connectivity index (χ1v) is 6.10. The summed E-state index contributed by atoms with van der Waals surface area (Å²) in [5.41, 5.74) is 0.0786. The topological polar surface area (TPSA) is 59.3 Å². The molecule has 0 saturated heterocycles. The highest BCUT2D eigenvalue weighted by Gasteiger charge is 2.08. The van der Waals surface area contributed by atoms with Gasteiger partial charge in [0.05, 0.1) is 10.0 Å². The molecule has 0 radical (unpaired) electrons. The Bertz CT molecular complexity index is 695. The van der Waals surface area contributed by atoms with Crippen molar-refractivity contribution in [1.29, 1.82) is 0 Å². The van der Waals surface area contributed by atoms with Crippen molar-refractivity contribution in [1.82, 2.24) is 4.57 Å². The highest BCUT2D eigenvalue weighted by molar-refractivity contribution is 6.42. The molecule has 2 rings (SSSR count). The highest BCUT2D eigenvalue weighted by atomic mass is 35.5. The van der Waals surface area contributed by atoms with Crippen molar-refractivity contribution in [3.8, 4) is 0 Å². The summed E-state index contributed by atoms with van der Waals surface area (Å²) < 4.78 is 1.60. The van der Waals surface area contributed by atoms with Crippen molar-refractivity contribution in [2.45, 2.75) is 6.54 Å². The summed E-state index contributed by atoms with van der Waals surface area (Å²) in [6.07, 6.45) is 2.82. The fraction of sp³-hybridized carbons (Fsp3) is 0.0769. The minimum Gasteiger partial charge on any atom is -0.477 e. The molecule has 4 nitrogen and oxygen atoms in total. The van der Waals surface area contributed by atoms with Crippen LogP contribution in [0.5, 0.6) is 0 Å². The van der Waals surface area contributed by atoms with Crippen LogP contribution in [-0.2, 0) is 6.54 Å². The highest BCUT2D eigenvalue weighted by Crippen LogP contribution is 2.22. The van der Waals surface area contributed by atoms with Crippen LogP contribution in [-0.4, -0.2) is 15.6 Å². The van der Waals surface area contributed by atoms with Crippen molar-refractivity contribution >= 4 is 29.2 Å². The van der Waals surface area contributed by atoms with E-state index >= 15 is 0 Å². The van der Waals surface area contributed by atoms with E-state index in [2.05, 4.69) is 0 Å². The molecule has 0 unspecified atom stereocenters. The van der Waals surface area contributed by atoms with Crippen molar-refractivity contribution in [2.24, 2.45) is 0 Å². The van der Waals surface area contributed by atoms with Gasteiger partial charge >= 0.3 is 5.97 Å². The van der Waals surface area contributed by atoms with Crippen LogP contribution in [0.2, 0.25) is 10.0 Å². The van der Waals surface area contributed by atoms with Crippen molar-refractivity contribution < 1.29 is 9.90 Å². The zero-order chi connectivity index (χ0) is 14.0. The summed E-state index contributed by atoms with van der Waals surface area (Å²) in [6.45, 7) is 0.400. The number of hydrogen-bond donors (Lipinski definition) is 1. The number of carboxylic acid groups (broad SMARTS) is 1. The summed E-state index contributed by atoms with van der Waals surface area (Å²) in [6, 6.07) is 6.37. The third-order valence-electron chi connectivity index (χ3n) is 2.56. The monoisotopic (exact) mass is 297 g/mol. The molecule has 0 spiro atoms. The van der Waals surface area contributed by atoms with E-state index in [9.17, 15) is 9.59 Å². The largest absolute Gasteiger partial charge is 0.477 e. The quantitative estimate of drug-likeness (QED) is 0.947. The van der Waals surface area contributed by atoms with Crippen LogP contribution >= 0.6 is 23.2 Å². The van der Waals surface area contributed by atoms with Crippen LogP contribution in [0.4, 0.5) is 0 Å². The Kier molecular flexibility index (Phi) is 3.93. The van der Waals surface area contributed by atoms with Gasteiger partial charge in [-0.05, 0) is 17.7 Å². The fourth-order valence-corrected chi connectivity index (χ4v) is 1.95. The van der Waals surface area contributed by atoms with E-state index in [1.54, 1.807) is 22.8 Å². The van der Waals surface area contributed by atoms with Gasteiger partial charge in [-0.25, -0.2) is 4.79 Å². The number of benzene rings is 1. The first-order valence-electron chi connectivity index (χ1n) is 5.34. The van der Waals surface area contributed by atoms with Crippen LogP contribution in [0.1, 0.15) is 15.9 Å². The zero-order valence-corrected chi connectivity index (χ0v) is 11.1. The minimum atomic E-state index is -1.24. The molecule has 0 fully saturated rings. The minimum absolute atomic E-state index is 0.262. The van der Waals surface area contributed by atoms with E-state index in [-0.39, 0.29) is 5.56 Å². The number of aromatic carboxylic acids is 1. The van der Waals surface area contributed by atoms with Gasteiger partial charge < -0.3 is 9.67 Å². The Morgan fingerprint density at radius 1 is 1.21 bits per heavy atom. The van der Waals surface area contributed by atoms with Gasteiger partial charge in [-0.2, -0.15) is 0 Å². The number of hydrogen-bond acceptors (Lipinski definition) is 2. The van der Waals surface area contributed by atoms with Gasteiger partial charge in [0.15, 0.2) is 5.43 Å². The van der Waals surface area contributed by atoms with E-state index in [1.165, 1.54) is 18.5 Å². The predicted octanol–water partition coefficient (Wildman–Crippen LogP) is 2.90. The Morgan fingerprint density at radius 3 is 2.58 bits per heavy atom. The van der Waals surface area contributed by atoms with E-state index in [1.807, 2.05) is 0 Å². The van der Waals surface area contributed by atoms with Crippen LogP contribution < -0.4 is 5.43 Å². The fourth-order valence-electron chi connectivity index (χ4n) is 1.63. The molecule has 98 valence electrons. The third kappa shape index (κ3) is 3.16. The SMILES string of the molecule is O=C(O)c1cn(Cc2ccc(Cl)c(Cl)c2)ccc1=O. The van der Waals surface area contributed by atoms with Gasteiger partial charge in [0.1, 0.15) is 5.56 Å². The third-order valence-corrected chi connectivity index (χ3v) is 3.30. The summed E-state index contributed by atoms with van der Waals surface area (Å²) >= 11 is 11.7. The maximum Gasteiger partial charge on any atom is 0.341 e. The predicted molar refractivity (Wildman–Crippen MR) is 73.2 cm³/mol. The molecular weight excluding hydrogens is 289 g/mol. The van der Waals surface area contributed by atoms with Gasteiger partial charge in [-0.3, -0.25) is 4.79 Å². The molecule has 1 aromatic heterocycles. The smallest absolute Gasteiger partial charge is 0.341 e. The normalized spacial score (nSPS) is 10.4. The standard InChI is InChI=1S/C13H9Cl2NO3/c14-10-2-1-8(5-11(10)15)6-16-4-3-12(17)9(7-16)13(18)19/h1-5,7H,6H2,(H,18,19). The maximum atomic E-state index is 11.3. The van der Waals surface area contributed by atoms with Crippen LogP contribution in [0.3, 0.4) is 0 Å². The molecule has 1 N–H and O–H groups in total. The number of nitrogens with zero attached hydrogens (tertiary/aromatic N) is 1.